The molecule has 4 rings (SSSR count). The number of nitrogens with zero attached hydrogens (tertiary/aromatic N) is 2. The Morgan fingerprint density at radius 2 is 1.85 bits per heavy atom. The van der Waals surface area contributed by atoms with Crippen molar-refractivity contribution in [2.24, 2.45) is 23.7 Å². The molecule has 0 aromatic heterocycles. The number of rotatable bonds is 6. The number of aliphatic hydroxyl groups is 1. The van der Waals surface area contributed by atoms with Crippen LogP contribution in [0.3, 0.4) is 0 Å². The fourth-order valence-electron chi connectivity index (χ4n) is 6.52. The predicted molar refractivity (Wildman–Crippen MR) is 135 cm³/mol. The Kier molecular flexibility index (Phi) is 7.58. The Hall–Kier alpha value is -2.05. The minimum atomic E-state index is -0.802. The average molecular weight is 471 g/mol. The fraction of sp³-hybridized carbons (Fsp3) is 0.679. The Morgan fingerprint density at radius 1 is 1.18 bits per heavy atom. The number of carbonyl (C=O) groups excluding carboxylic acids is 1. The molecule has 2 aliphatic carbocycles. The summed E-state index contributed by atoms with van der Waals surface area (Å²) in [7, 11) is 1.70. The highest BCUT2D eigenvalue weighted by Crippen LogP contribution is 2.51. The van der Waals surface area contributed by atoms with E-state index in [1.807, 2.05) is 19.1 Å². The number of benzene rings is 1. The zero-order valence-electron chi connectivity index (χ0n) is 21.5. The Morgan fingerprint density at radius 3 is 2.47 bits per heavy atom. The third kappa shape index (κ3) is 5.13. The summed E-state index contributed by atoms with van der Waals surface area (Å²) >= 11 is 0. The third-order valence-corrected chi connectivity index (χ3v) is 8.68. The van der Waals surface area contributed by atoms with Gasteiger partial charge in [-0.25, -0.2) is 0 Å². The predicted octanol–water partition coefficient (Wildman–Crippen LogP) is 4.13. The summed E-state index contributed by atoms with van der Waals surface area (Å²) in [6.07, 6.45) is 4.61. The second kappa shape index (κ2) is 10.3. The van der Waals surface area contributed by atoms with Gasteiger partial charge < -0.3 is 19.5 Å². The standard InChI is InChI=1S/C28H42N2O4/c1-19-16-26-25(11-6-21(3)28(26,32)17-27(19)34-22(4)31)20(2)18-29-12-14-30(15-13-29)23-7-9-24(33-5)10-8-23/h7-10,16,20-21,25-27,32H,6,11-15,17-18H2,1-5H3/t20?,21-,25+,26-,27-,28-/m1/s1. The van der Waals surface area contributed by atoms with Crippen LogP contribution < -0.4 is 9.64 Å². The molecule has 1 aromatic carbocycles. The smallest absolute Gasteiger partial charge is 0.303 e. The second-order valence-corrected chi connectivity index (χ2v) is 10.8. The first-order valence-electron chi connectivity index (χ1n) is 12.9. The Bertz CT molecular complexity index is 877. The SMILES string of the molecule is COc1ccc(N2CCN(CC(C)[C@@H]3CC[C@@H](C)[C@]4(O)C[C@@H](OC(C)=O)C(C)=C[C@H]34)CC2)cc1. The van der Waals surface area contributed by atoms with Gasteiger partial charge >= 0.3 is 5.97 Å². The molecular formula is C28H42N2O4. The van der Waals surface area contributed by atoms with E-state index in [1.54, 1.807) is 7.11 Å². The highest BCUT2D eigenvalue weighted by atomic mass is 16.5. The molecule has 188 valence electrons. The molecule has 1 saturated carbocycles. The molecular weight excluding hydrogens is 428 g/mol. The van der Waals surface area contributed by atoms with Crippen LogP contribution in [0.15, 0.2) is 35.9 Å². The molecule has 3 aliphatic rings. The van der Waals surface area contributed by atoms with Gasteiger partial charge in [0.25, 0.3) is 0 Å². The highest BCUT2D eigenvalue weighted by Gasteiger charge is 2.52. The van der Waals surface area contributed by atoms with Crippen LogP contribution in [0.1, 0.15) is 47.0 Å². The largest absolute Gasteiger partial charge is 0.497 e. The van der Waals surface area contributed by atoms with Crippen molar-refractivity contribution in [3.63, 3.8) is 0 Å². The van der Waals surface area contributed by atoms with E-state index in [0.29, 0.717) is 18.3 Å². The monoisotopic (exact) mass is 470 g/mol. The minimum Gasteiger partial charge on any atom is -0.497 e. The maximum atomic E-state index is 11.8. The van der Waals surface area contributed by atoms with Crippen LogP contribution in [0.5, 0.6) is 5.75 Å². The van der Waals surface area contributed by atoms with Crippen molar-refractivity contribution in [3.8, 4) is 5.75 Å². The van der Waals surface area contributed by atoms with E-state index in [9.17, 15) is 9.90 Å². The van der Waals surface area contributed by atoms with E-state index in [0.717, 1.165) is 56.9 Å². The summed E-state index contributed by atoms with van der Waals surface area (Å²) in [5.74, 6) is 1.88. The van der Waals surface area contributed by atoms with Crippen LogP contribution in [-0.2, 0) is 9.53 Å². The lowest BCUT2D eigenvalue weighted by Gasteiger charge is -2.53. The number of esters is 1. The summed E-state index contributed by atoms with van der Waals surface area (Å²) in [5, 5.41) is 11.8. The number of anilines is 1. The van der Waals surface area contributed by atoms with Crippen molar-refractivity contribution in [1.29, 1.82) is 0 Å². The number of hydrogen-bond donors (Lipinski definition) is 1. The second-order valence-electron chi connectivity index (χ2n) is 10.8. The zero-order chi connectivity index (χ0) is 24.5. The van der Waals surface area contributed by atoms with Crippen LogP contribution in [-0.4, -0.2) is 67.5 Å². The van der Waals surface area contributed by atoms with Crippen molar-refractivity contribution >= 4 is 11.7 Å². The first kappa shape index (κ1) is 25.1. The molecule has 6 nitrogen and oxygen atoms in total. The normalized spacial score (nSPS) is 33.0. The van der Waals surface area contributed by atoms with Gasteiger partial charge in [0.05, 0.1) is 12.7 Å². The van der Waals surface area contributed by atoms with Crippen molar-refractivity contribution < 1.29 is 19.4 Å². The summed E-state index contributed by atoms with van der Waals surface area (Å²) in [6.45, 7) is 13.2. The van der Waals surface area contributed by atoms with Gasteiger partial charge in [-0.1, -0.05) is 19.9 Å². The van der Waals surface area contributed by atoms with Gasteiger partial charge in [-0.3, -0.25) is 9.69 Å². The maximum absolute atomic E-state index is 11.8. The molecule has 0 amide bonds. The van der Waals surface area contributed by atoms with E-state index >= 15 is 0 Å². The lowest BCUT2D eigenvalue weighted by atomic mass is 9.57. The molecule has 1 aliphatic heterocycles. The Labute approximate surface area is 204 Å². The van der Waals surface area contributed by atoms with Crippen LogP contribution in [0.25, 0.3) is 0 Å². The van der Waals surface area contributed by atoms with Crippen molar-refractivity contribution in [1.82, 2.24) is 4.90 Å². The van der Waals surface area contributed by atoms with E-state index in [2.05, 4.69) is 41.9 Å². The molecule has 1 heterocycles. The molecule has 34 heavy (non-hydrogen) atoms. The Balaban J connectivity index is 1.38. The maximum Gasteiger partial charge on any atom is 0.303 e. The van der Waals surface area contributed by atoms with Crippen LogP contribution >= 0.6 is 0 Å². The number of fused-ring (bicyclic) bond motifs is 1. The van der Waals surface area contributed by atoms with Gasteiger partial charge in [0.1, 0.15) is 11.9 Å². The number of carbonyl (C=O) groups is 1. The number of piperazine rings is 1. The molecule has 1 unspecified atom stereocenters. The number of ether oxygens (including phenoxy) is 2. The molecule has 1 aromatic rings. The zero-order valence-corrected chi connectivity index (χ0v) is 21.5. The van der Waals surface area contributed by atoms with Gasteiger partial charge in [0, 0.05) is 57.7 Å². The molecule has 6 atom stereocenters. The van der Waals surface area contributed by atoms with E-state index < -0.39 is 5.60 Å². The van der Waals surface area contributed by atoms with Crippen molar-refractivity contribution in [3.05, 3.63) is 35.9 Å². The van der Waals surface area contributed by atoms with Gasteiger partial charge in [-0.2, -0.15) is 0 Å². The quantitative estimate of drug-likeness (QED) is 0.498. The van der Waals surface area contributed by atoms with Crippen LogP contribution in [0, 0.1) is 23.7 Å². The molecule has 0 spiro atoms. The number of methoxy groups -OCH3 is 1. The molecule has 1 saturated heterocycles. The van der Waals surface area contributed by atoms with E-state index in [-0.39, 0.29) is 23.9 Å². The fourth-order valence-corrected chi connectivity index (χ4v) is 6.52. The van der Waals surface area contributed by atoms with E-state index in [1.165, 1.54) is 12.6 Å². The minimum absolute atomic E-state index is 0.124. The lowest BCUT2D eigenvalue weighted by molar-refractivity contribution is -0.159. The van der Waals surface area contributed by atoms with Crippen molar-refractivity contribution in [2.75, 3.05) is 44.7 Å². The molecule has 1 N–H and O–H groups in total. The van der Waals surface area contributed by atoms with Crippen molar-refractivity contribution in [2.45, 2.75) is 58.7 Å². The van der Waals surface area contributed by atoms with Gasteiger partial charge in [0.15, 0.2) is 0 Å². The molecule has 0 bridgehead atoms. The summed E-state index contributed by atoms with van der Waals surface area (Å²) in [4.78, 5) is 16.6. The van der Waals surface area contributed by atoms with E-state index in [4.69, 9.17) is 9.47 Å². The highest BCUT2D eigenvalue weighted by molar-refractivity contribution is 5.66. The lowest BCUT2D eigenvalue weighted by Crippen LogP contribution is -2.56. The van der Waals surface area contributed by atoms with Gasteiger partial charge in [0.2, 0.25) is 0 Å². The third-order valence-electron chi connectivity index (χ3n) is 8.68. The first-order chi connectivity index (χ1) is 16.2. The van der Waals surface area contributed by atoms with Gasteiger partial charge in [-0.05, 0) is 67.4 Å². The topological polar surface area (TPSA) is 62.2 Å². The van der Waals surface area contributed by atoms with Gasteiger partial charge in [-0.15, -0.1) is 0 Å². The summed E-state index contributed by atoms with van der Waals surface area (Å²) in [6, 6.07) is 8.34. The molecule has 0 radical (unpaired) electrons. The molecule has 2 fully saturated rings. The number of hydrogen-bond acceptors (Lipinski definition) is 6. The first-order valence-corrected chi connectivity index (χ1v) is 12.9. The summed E-state index contributed by atoms with van der Waals surface area (Å²) < 4.78 is 10.8. The average Bonchev–Trinajstić information content (AvgIpc) is 2.81. The van der Waals surface area contributed by atoms with Crippen LogP contribution in [0.4, 0.5) is 5.69 Å². The summed E-state index contributed by atoms with van der Waals surface area (Å²) in [5.41, 5.74) is 1.54. The molecule has 6 heteroatoms. The van der Waals surface area contributed by atoms with Crippen LogP contribution in [0.2, 0.25) is 0 Å².